The van der Waals surface area contributed by atoms with E-state index in [9.17, 15) is 8.42 Å². The van der Waals surface area contributed by atoms with Gasteiger partial charge in [-0.3, -0.25) is 4.90 Å². The number of hydrogen-bond donors (Lipinski definition) is 0. The van der Waals surface area contributed by atoms with Crippen molar-refractivity contribution in [1.29, 1.82) is 0 Å². The Morgan fingerprint density at radius 2 is 1.88 bits per heavy atom. The van der Waals surface area contributed by atoms with Gasteiger partial charge >= 0.3 is 0 Å². The van der Waals surface area contributed by atoms with E-state index in [4.69, 9.17) is 0 Å². The first-order valence-corrected chi connectivity index (χ1v) is 7.42. The second-order valence-electron chi connectivity index (χ2n) is 4.23. The van der Waals surface area contributed by atoms with E-state index in [1.54, 1.807) is 24.3 Å². The van der Waals surface area contributed by atoms with Gasteiger partial charge in [-0.2, -0.15) is 0 Å². The molecule has 2 unspecified atom stereocenters. The lowest BCUT2D eigenvalue weighted by molar-refractivity contribution is 0.435. The van der Waals surface area contributed by atoms with E-state index in [2.05, 4.69) is 15.9 Å². The van der Waals surface area contributed by atoms with Crippen LogP contribution in [0, 0.1) is 0 Å². The van der Waals surface area contributed by atoms with Gasteiger partial charge in [0.15, 0.2) is 3.78 Å². The van der Waals surface area contributed by atoms with Crippen LogP contribution in [0.3, 0.4) is 0 Å². The number of alkyl halides is 1. The van der Waals surface area contributed by atoms with Crippen LogP contribution in [0.25, 0.3) is 0 Å². The van der Waals surface area contributed by atoms with Crippen LogP contribution >= 0.6 is 15.9 Å². The predicted octanol–water partition coefficient (Wildman–Crippen LogP) is 2.23. The van der Waals surface area contributed by atoms with E-state index in [0.29, 0.717) is 11.4 Å². The van der Waals surface area contributed by atoms with Gasteiger partial charge in [0.2, 0.25) is 9.84 Å². The van der Waals surface area contributed by atoms with Crippen molar-refractivity contribution in [3.63, 3.8) is 0 Å². The molecule has 0 aromatic heterocycles. The molecule has 0 saturated carbocycles. The minimum Gasteiger partial charge on any atom is -0.268 e. The number of hydrogen-bond acceptors (Lipinski definition) is 3. The molecular formula is C11H14BrNO2S. The molecule has 1 fully saturated rings. The van der Waals surface area contributed by atoms with Crippen molar-refractivity contribution in [2.75, 3.05) is 6.54 Å². The highest BCUT2D eigenvalue weighted by Gasteiger charge is 2.61. The lowest BCUT2D eigenvalue weighted by atomic mass is 10.4. The highest BCUT2D eigenvalue weighted by Crippen LogP contribution is 2.48. The van der Waals surface area contributed by atoms with Gasteiger partial charge in [-0.25, -0.2) is 8.42 Å². The van der Waals surface area contributed by atoms with E-state index in [1.165, 1.54) is 0 Å². The van der Waals surface area contributed by atoms with E-state index in [1.807, 2.05) is 24.8 Å². The number of nitrogens with zero attached hydrogens (tertiary/aromatic N) is 1. The van der Waals surface area contributed by atoms with Gasteiger partial charge < -0.3 is 0 Å². The molecule has 1 aliphatic rings. The van der Waals surface area contributed by atoms with Crippen LogP contribution in [0.15, 0.2) is 35.2 Å². The summed E-state index contributed by atoms with van der Waals surface area (Å²) in [5.41, 5.74) is 0. The predicted molar refractivity (Wildman–Crippen MR) is 67.1 cm³/mol. The normalized spacial score (nSPS) is 29.4. The molecule has 0 amide bonds. The Bertz CT molecular complexity index is 486. The SMILES string of the molecule is CC(C)N1CC1(Br)S(=O)(=O)c1ccccc1. The molecule has 0 radical (unpaired) electrons. The fourth-order valence-electron chi connectivity index (χ4n) is 1.76. The average Bonchev–Trinajstić information content (AvgIpc) is 2.94. The lowest BCUT2D eigenvalue weighted by Gasteiger charge is -2.14. The number of sulfone groups is 1. The summed E-state index contributed by atoms with van der Waals surface area (Å²) in [5, 5.41) is 0. The zero-order chi connectivity index (χ0) is 12.0. The minimum atomic E-state index is -3.32. The third-order valence-corrected chi connectivity index (χ3v) is 6.84. The summed E-state index contributed by atoms with van der Waals surface area (Å²) in [6.07, 6.45) is 0. The molecule has 2 rings (SSSR count). The van der Waals surface area contributed by atoms with Crippen molar-refractivity contribution in [1.82, 2.24) is 4.90 Å². The van der Waals surface area contributed by atoms with Crippen molar-refractivity contribution < 1.29 is 8.42 Å². The van der Waals surface area contributed by atoms with Crippen LogP contribution in [0.2, 0.25) is 0 Å². The molecule has 1 aliphatic heterocycles. The van der Waals surface area contributed by atoms with Gasteiger partial charge in [-0.1, -0.05) is 18.2 Å². The first-order valence-electron chi connectivity index (χ1n) is 5.15. The van der Waals surface area contributed by atoms with Gasteiger partial charge in [0.1, 0.15) is 0 Å². The molecule has 5 heteroatoms. The Hall–Kier alpha value is -0.390. The standard InChI is InChI=1S/C11H14BrNO2S/c1-9(2)13-8-11(13,12)16(14,15)10-6-4-3-5-7-10/h3-7,9H,8H2,1-2H3. The van der Waals surface area contributed by atoms with Crippen molar-refractivity contribution in [3.05, 3.63) is 30.3 Å². The zero-order valence-corrected chi connectivity index (χ0v) is 11.6. The maximum atomic E-state index is 12.3. The molecule has 1 aromatic carbocycles. The van der Waals surface area contributed by atoms with Gasteiger partial charge in [-0.15, -0.1) is 0 Å². The zero-order valence-electron chi connectivity index (χ0n) is 9.22. The Balaban J connectivity index is 2.36. The van der Waals surface area contributed by atoms with Crippen LogP contribution in [-0.4, -0.2) is 29.7 Å². The van der Waals surface area contributed by atoms with E-state index < -0.39 is 13.6 Å². The molecule has 0 spiro atoms. The van der Waals surface area contributed by atoms with E-state index in [0.717, 1.165) is 0 Å². The Kier molecular flexibility index (Phi) is 2.88. The lowest BCUT2D eigenvalue weighted by Crippen LogP contribution is -2.26. The molecule has 0 bridgehead atoms. The van der Waals surface area contributed by atoms with Crippen LogP contribution in [0.5, 0.6) is 0 Å². The third-order valence-electron chi connectivity index (χ3n) is 2.78. The van der Waals surface area contributed by atoms with Crippen molar-refractivity contribution in [3.8, 4) is 0 Å². The smallest absolute Gasteiger partial charge is 0.208 e. The number of rotatable bonds is 3. The maximum absolute atomic E-state index is 12.3. The number of benzene rings is 1. The van der Waals surface area contributed by atoms with Crippen LogP contribution in [-0.2, 0) is 9.84 Å². The van der Waals surface area contributed by atoms with Crippen LogP contribution < -0.4 is 0 Å². The summed E-state index contributed by atoms with van der Waals surface area (Å²) in [6, 6.07) is 8.78. The average molecular weight is 304 g/mol. The van der Waals surface area contributed by atoms with Gasteiger partial charge in [-0.05, 0) is 41.9 Å². The fourth-order valence-corrected chi connectivity index (χ4v) is 4.71. The third kappa shape index (κ3) is 1.71. The summed E-state index contributed by atoms with van der Waals surface area (Å²) in [5.74, 6) is 0. The number of halogens is 1. The van der Waals surface area contributed by atoms with Gasteiger partial charge in [0, 0.05) is 12.6 Å². The van der Waals surface area contributed by atoms with Gasteiger partial charge in [0.05, 0.1) is 4.90 Å². The molecule has 1 aromatic rings. The monoisotopic (exact) mass is 303 g/mol. The molecule has 88 valence electrons. The first-order chi connectivity index (χ1) is 7.39. The quantitative estimate of drug-likeness (QED) is 0.488. The summed E-state index contributed by atoms with van der Waals surface area (Å²) < 4.78 is 23.8. The van der Waals surface area contributed by atoms with Crippen molar-refractivity contribution in [2.45, 2.75) is 28.6 Å². The van der Waals surface area contributed by atoms with Crippen LogP contribution in [0.4, 0.5) is 0 Å². The largest absolute Gasteiger partial charge is 0.268 e. The fraction of sp³-hybridized carbons (Fsp3) is 0.455. The van der Waals surface area contributed by atoms with Gasteiger partial charge in [0.25, 0.3) is 0 Å². The van der Waals surface area contributed by atoms with Crippen molar-refractivity contribution in [2.24, 2.45) is 0 Å². The molecule has 0 N–H and O–H groups in total. The topological polar surface area (TPSA) is 37.1 Å². The Labute approximate surface area is 105 Å². The summed E-state index contributed by atoms with van der Waals surface area (Å²) in [4.78, 5) is 2.28. The molecular weight excluding hydrogens is 290 g/mol. The van der Waals surface area contributed by atoms with Crippen LogP contribution in [0.1, 0.15) is 13.8 Å². The van der Waals surface area contributed by atoms with E-state index >= 15 is 0 Å². The second-order valence-corrected chi connectivity index (χ2v) is 8.22. The first kappa shape index (κ1) is 12.1. The molecule has 1 heterocycles. The molecule has 1 saturated heterocycles. The summed E-state index contributed by atoms with van der Waals surface area (Å²) in [7, 11) is -3.32. The Morgan fingerprint density at radius 1 is 1.31 bits per heavy atom. The molecule has 16 heavy (non-hydrogen) atoms. The highest BCUT2D eigenvalue weighted by molar-refractivity contribution is 9.11. The molecule has 2 atom stereocenters. The molecule has 0 aliphatic carbocycles. The summed E-state index contributed by atoms with van der Waals surface area (Å²) >= 11 is 3.35. The Morgan fingerprint density at radius 3 is 2.31 bits per heavy atom. The maximum Gasteiger partial charge on any atom is 0.208 e. The second kappa shape index (κ2) is 3.82. The molecule has 3 nitrogen and oxygen atoms in total. The van der Waals surface area contributed by atoms with E-state index in [-0.39, 0.29) is 6.04 Å². The highest BCUT2D eigenvalue weighted by atomic mass is 79.9. The van der Waals surface area contributed by atoms with Crippen molar-refractivity contribution >= 4 is 25.8 Å². The minimum absolute atomic E-state index is 0.220. The summed E-state index contributed by atoms with van der Waals surface area (Å²) in [6.45, 7) is 4.52.